The quantitative estimate of drug-likeness (QED) is 0.0433. The summed E-state index contributed by atoms with van der Waals surface area (Å²) >= 11 is 0. The Balaban J connectivity index is 0.910. The van der Waals surface area contributed by atoms with Gasteiger partial charge in [-0.25, -0.2) is 52.7 Å². The van der Waals surface area contributed by atoms with Crippen LogP contribution in [0.3, 0.4) is 0 Å². The topological polar surface area (TPSA) is 54.0 Å². The number of unbranched alkanes of at least 4 members (excludes halogenated alkanes) is 2. The zero-order chi connectivity index (χ0) is 49.7. The van der Waals surface area contributed by atoms with E-state index in [1.807, 2.05) is 0 Å². The van der Waals surface area contributed by atoms with Gasteiger partial charge in [-0.15, -0.1) is 0 Å². The maximum absolute atomic E-state index is 15.0. The number of benzene rings is 6. The summed E-state index contributed by atoms with van der Waals surface area (Å²) in [6.45, 7) is 0.0468. The average Bonchev–Trinajstić information content (AvgIpc) is 3.23. The van der Waals surface area contributed by atoms with Crippen LogP contribution in [0.1, 0.15) is 49.7 Å². The lowest BCUT2D eigenvalue weighted by Crippen LogP contribution is -2.25. The Labute approximate surface area is 374 Å². The highest BCUT2D eigenvalue weighted by atomic mass is 19.3. The molecule has 6 aromatic rings. The van der Waals surface area contributed by atoms with E-state index in [9.17, 15) is 75.0 Å². The van der Waals surface area contributed by atoms with Crippen LogP contribution in [-0.2, 0) is 17.0 Å². The van der Waals surface area contributed by atoms with E-state index in [4.69, 9.17) is 9.47 Å². The number of carbonyl (C=O) groups is 1. The molecule has 6 aromatic carbocycles. The summed E-state index contributed by atoms with van der Waals surface area (Å²) in [6, 6.07) is 7.99. The van der Waals surface area contributed by atoms with Gasteiger partial charge in [-0.1, -0.05) is 0 Å². The van der Waals surface area contributed by atoms with Crippen LogP contribution < -0.4 is 18.9 Å². The Morgan fingerprint density at radius 2 is 0.691 bits per heavy atom. The monoisotopic (exact) mass is 978 g/mol. The molecule has 0 saturated carbocycles. The van der Waals surface area contributed by atoms with Crippen LogP contribution in [0.15, 0.2) is 84.9 Å². The van der Waals surface area contributed by atoms with Crippen LogP contribution in [0.4, 0.5) is 70.2 Å². The molecule has 6 rings (SSSR count). The maximum atomic E-state index is 15.0. The van der Waals surface area contributed by atoms with E-state index < -0.39 is 127 Å². The highest BCUT2D eigenvalue weighted by Gasteiger charge is 2.43. The summed E-state index contributed by atoms with van der Waals surface area (Å²) in [5, 5.41) is 0. The minimum atomic E-state index is -4.85. The van der Waals surface area contributed by atoms with E-state index in [1.54, 1.807) is 0 Å². The van der Waals surface area contributed by atoms with Crippen molar-refractivity contribution < 1.29 is 94.0 Å². The van der Waals surface area contributed by atoms with Crippen LogP contribution in [0.25, 0.3) is 22.3 Å². The first-order chi connectivity index (χ1) is 32.0. The van der Waals surface area contributed by atoms with E-state index in [0.717, 1.165) is 24.3 Å². The molecule has 0 aliphatic heterocycles. The van der Waals surface area contributed by atoms with Gasteiger partial charge in [0.2, 0.25) is 0 Å². The van der Waals surface area contributed by atoms with E-state index in [-0.39, 0.29) is 67.6 Å². The minimum absolute atomic E-state index is 0.0140. The van der Waals surface area contributed by atoms with Gasteiger partial charge in [0.1, 0.15) is 74.8 Å². The first-order valence-corrected chi connectivity index (χ1v) is 19.8. The van der Waals surface area contributed by atoms with Gasteiger partial charge in [-0.2, -0.15) is 17.6 Å². The molecule has 0 amide bonds. The molecule has 0 spiro atoms. The third-order valence-electron chi connectivity index (χ3n) is 9.81. The van der Waals surface area contributed by atoms with Crippen molar-refractivity contribution >= 4 is 5.78 Å². The Morgan fingerprint density at radius 3 is 1.00 bits per heavy atom. The van der Waals surface area contributed by atoms with Crippen LogP contribution in [-0.4, -0.2) is 19.0 Å². The lowest BCUT2D eigenvalue weighted by molar-refractivity contribution is -0.190. The molecule has 0 atom stereocenters. The van der Waals surface area contributed by atoms with Gasteiger partial charge in [0.25, 0.3) is 0 Å². The molecule has 21 heteroatoms. The van der Waals surface area contributed by atoms with Crippen LogP contribution in [0.2, 0.25) is 0 Å². The van der Waals surface area contributed by atoms with Crippen LogP contribution >= 0.6 is 0 Å². The number of rotatable bonds is 20. The normalized spacial score (nSPS) is 11.8. The van der Waals surface area contributed by atoms with Crippen molar-refractivity contribution in [3.63, 3.8) is 0 Å². The maximum Gasteiger partial charge on any atom is 0.432 e. The summed E-state index contributed by atoms with van der Waals surface area (Å²) in [7, 11) is 0. The first kappa shape index (κ1) is 50.5. The Hall–Kier alpha value is -6.93. The van der Waals surface area contributed by atoms with Crippen molar-refractivity contribution in [2.45, 2.75) is 50.7 Å². The Morgan fingerprint density at radius 1 is 0.382 bits per heavy atom. The number of Topliss-reactive ketones (excluding diaryl/α,β-unsaturated/α-hetero) is 1. The molecule has 5 nitrogen and oxygen atoms in total. The number of ketones is 1. The molecule has 0 bridgehead atoms. The molecule has 0 unspecified atom stereocenters. The average molecular weight is 979 g/mol. The van der Waals surface area contributed by atoms with Gasteiger partial charge in [0.05, 0.1) is 13.2 Å². The summed E-state index contributed by atoms with van der Waals surface area (Å²) in [4.78, 5) is 12.4. The molecule has 0 saturated heterocycles. The van der Waals surface area contributed by atoms with Crippen molar-refractivity contribution in [1.29, 1.82) is 0 Å². The smallest absolute Gasteiger partial charge is 0.432 e. The standard InChI is InChI=1S/C47H30F16O5/c48-32-17-26(7-9-30(32)23-13-34(50)42(35(51)14-23)46(60,61)67-28-19-38(54)44(58)39(55)20-28)65-11-3-1-5-25(64)6-2-4-12-66-27-8-10-31(33(49)18-27)24-15-36(52)43(37(53)16-24)47(62,63)68-29-21-40(56)45(59)41(57)22-29/h7-10,13-22H,1-6,11-12H2. The minimum Gasteiger partial charge on any atom is -0.493 e. The fraction of sp³-hybridized carbons (Fsp3) is 0.213. The van der Waals surface area contributed by atoms with Gasteiger partial charge in [0.15, 0.2) is 34.9 Å². The van der Waals surface area contributed by atoms with Crippen molar-refractivity contribution in [2.24, 2.45) is 0 Å². The molecule has 0 aliphatic rings. The fourth-order valence-electron chi connectivity index (χ4n) is 6.59. The summed E-state index contributed by atoms with van der Waals surface area (Å²) in [5.41, 5.74) is -5.79. The van der Waals surface area contributed by atoms with Crippen LogP contribution in [0, 0.1) is 69.8 Å². The van der Waals surface area contributed by atoms with Crippen LogP contribution in [0.5, 0.6) is 23.0 Å². The van der Waals surface area contributed by atoms with Gasteiger partial charge in [-0.3, -0.25) is 4.79 Å². The van der Waals surface area contributed by atoms with E-state index >= 15 is 0 Å². The van der Waals surface area contributed by atoms with Gasteiger partial charge in [0, 0.05) is 60.4 Å². The zero-order valence-corrected chi connectivity index (χ0v) is 34.3. The second-order valence-corrected chi connectivity index (χ2v) is 14.7. The second kappa shape index (κ2) is 20.9. The number of ether oxygens (including phenoxy) is 4. The predicted molar refractivity (Wildman–Crippen MR) is 209 cm³/mol. The molecule has 0 aliphatic carbocycles. The number of hydrogen-bond donors (Lipinski definition) is 0. The van der Waals surface area contributed by atoms with Gasteiger partial charge in [-0.05, 0) is 85.3 Å². The van der Waals surface area contributed by atoms with Gasteiger partial charge >= 0.3 is 12.2 Å². The first-order valence-electron chi connectivity index (χ1n) is 19.8. The van der Waals surface area contributed by atoms with Crippen molar-refractivity contribution in [3.05, 3.63) is 166 Å². The summed E-state index contributed by atoms with van der Waals surface area (Å²) in [6.07, 6.45) is -7.95. The number of halogens is 16. The third kappa shape index (κ3) is 12.0. The molecule has 0 heterocycles. The lowest BCUT2D eigenvalue weighted by atomic mass is 10.0. The molecule has 0 N–H and O–H groups in total. The number of alkyl halides is 4. The predicted octanol–water partition coefficient (Wildman–Crippen LogP) is 14.3. The zero-order valence-electron chi connectivity index (χ0n) is 34.3. The fourth-order valence-corrected chi connectivity index (χ4v) is 6.59. The molecule has 360 valence electrons. The molecule has 0 fully saturated rings. The third-order valence-corrected chi connectivity index (χ3v) is 9.81. The highest BCUT2D eigenvalue weighted by molar-refractivity contribution is 5.78. The van der Waals surface area contributed by atoms with Gasteiger partial charge < -0.3 is 18.9 Å². The van der Waals surface area contributed by atoms with Crippen molar-refractivity contribution in [3.8, 4) is 45.3 Å². The largest absolute Gasteiger partial charge is 0.493 e. The van der Waals surface area contributed by atoms with Crippen molar-refractivity contribution in [2.75, 3.05) is 13.2 Å². The molecule has 68 heavy (non-hydrogen) atoms. The summed E-state index contributed by atoms with van der Waals surface area (Å²) < 4.78 is 247. The van der Waals surface area contributed by atoms with E-state index in [0.29, 0.717) is 49.9 Å². The lowest BCUT2D eigenvalue weighted by Gasteiger charge is -2.20. The van der Waals surface area contributed by atoms with E-state index in [1.165, 1.54) is 12.1 Å². The van der Waals surface area contributed by atoms with Crippen molar-refractivity contribution in [1.82, 2.24) is 0 Å². The number of hydrogen-bond acceptors (Lipinski definition) is 5. The molecule has 0 radical (unpaired) electrons. The SMILES string of the molecule is O=C(CCCCOc1ccc(-c2cc(F)c(C(F)(F)Oc3cc(F)c(F)c(F)c3)c(F)c2)c(F)c1)CCCCOc1ccc(-c2cc(F)c(C(F)(F)Oc3cc(F)c(F)c(F)c3)c(F)c2)c(F)c1. The molecule has 0 aromatic heterocycles. The Bertz CT molecular complexity index is 2560. The molecular weight excluding hydrogens is 948 g/mol. The number of carbonyl (C=O) groups excluding carboxylic acids is 1. The van der Waals surface area contributed by atoms with E-state index in [2.05, 4.69) is 9.47 Å². The Kier molecular flexibility index (Phi) is 15.5. The molecular formula is C47H30F16O5. The second-order valence-electron chi connectivity index (χ2n) is 14.7. The summed E-state index contributed by atoms with van der Waals surface area (Å²) in [5.74, 6) is -24.0. The highest BCUT2D eigenvalue weighted by Crippen LogP contribution is 2.40.